The van der Waals surface area contributed by atoms with Gasteiger partial charge in [-0.2, -0.15) is 10.2 Å². The summed E-state index contributed by atoms with van der Waals surface area (Å²) in [6.07, 6.45) is 0. The van der Waals surface area contributed by atoms with Crippen LogP contribution >= 0.6 is 0 Å². The highest BCUT2D eigenvalue weighted by molar-refractivity contribution is 5.48. The standard InChI is InChI=1S/C21H30N4/c1-14-7-9-18(21(5,6)23)12-19(14)25-24-13-16-8-10-17(11-15(16)2)20(3,4)22/h7-12H,13,22-23H2,1-6H3. The topological polar surface area (TPSA) is 76.8 Å². The van der Waals surface area contributed by atoms with Crippen molar-refractivity contribution in [2.45, 2.75) is 59.2 Å². The van der Waals surface area contributed by atoms with Gasteiger partial charge in [-0.25, -0.2) is 0 Å². The van der Waals surface area contributed by atoms with Crippen molar-refractivity contribution in [3.05, 3.63) is 64.2 Å². The van der Waals surface area contributed by atoms with Crippen molar-refractivity contribution in [3.63, 3.8) is 0 Å². The van der Waals surface area contributed by atoms with Gasteiger partial charge < -0.3 is 11.5 Å². The average molecular weight is 338 g/mol. The van der Waals surface area contributed by atoms with Gasteiger partial charge in [0.15, 0.2) is 0 Å². The van der Waals surface area contributed by atoms with E-state index < -0.39 is 0 Å². The maximum atomic E-state index is 6.18. The Hall–Kier alpha value is -2.04. The van der Waals surface area contributed by atoms with Gasteiger partial charge in [0, 0.05) is 11.1 Å². The molecule has 0 saturated carbocycles. The lowest BCUT2D eigenvalue weighted by Gasteiger charge is -2.20. The Labute approximate surface area is 151 Å². The van der Waals surface area contributed by atoms with Crippen LogP contribution in [0.25, 0.3) is 0 Å². The first-order valence-electron chi connectivity index (χ1n) is 8.65. The largest absolute Gasteiger partial charge is 0.322 e. The molecule has 0 bridgehead atoms. The van der Waals surface area contributed by atoms with Crippen LogP contribution in [0.4, 0.5) is 5.69 Å². The second kappa shape index (κ2) is 7.06. The summed E-state index contributed by atoms with van der Waals surface area (Å²) < 4.78 is 0. The highest BCUT2D eigenvalue weighted by atomic mass is 15.1. The number of nitrogens with zero attached hydrogens (tertiary/aromatic N) is 2. The molecular formula is C21H30N4. The van der Waals surface area contributed by atoms with E-state index in [9.17, 15) is 0 Å². The summed E-state index contributed by atoms with van der Waals surface area (Å²) in [5, 5.41) is 8.83. The summed E-state index contributed by atoms with van der Waals surface area (Å²) >= 11 is 0. The average Bonchev–Trinajstić information content (AvgIpc) is 2.48. The lowest BCUT2D eigenvalue weighted by atomic mass is 9.92. The van der Waals surface area contributed by atoms with E-state index >= 15 is 0 Å². The number of hydrogen-bond donors (Lipinski definition) is 2. The number of rotatable bonds is 5. The summed E-state index contributed by atoms with van der Waals surface area (Å²) in [4.78, 5) is 0. The first-order valence-corrected chi connectivity index (χ1v) is 8.65. The molecule has 0 aliphatic carbocycles. The quantitative estimate of drug-likeness (QED) is 0.755. The molecule has 4 heteroatoms. The van der Waals surface area contributed by atoms with Gasteiger partial charge in [-0.15, -0.1) is 0 Å². The highest BCUT2D eigenvalue weighted by Crippen LogP contribution is 2.26. The maximum absolute atomic E-state index is 6.18. The van der Waals surface area contributed by atoms with Crippen LogP contribution in [0.5, 0.6) is 0 Å². The van der Waals surface area contributed by atoms with Crippen LogP contribution < -0.4 is 11.5 Å². The Bertz CT molecular complexity index is 777. The predicted molar refractivity (Wildman–Crippen MR) is 105 cm³/mol. The van der Waals surface area contributed by atoms with Gasteiger partial charge in [0.2, 0.25) is 0 Å². The molecule has 2 aromatic rings. The lowest BCUT2D eigenvalue weighted by molar-refractivity contribution is 0.553. The fourth-order valence-electron chi connectivity index (χ4n) is 2.58. The van der Waals surface area contributed by atoms with Crippen LogP contribution in [-0.2, 0) is 17.6 Å². The molecule has 0 aliphatic heterocycles. The summed E-state index contributed by atoms with van der Waals surface area (Å²) in [5.41, 5.74) is 18.1. The number of hydrogen-bond acceptors (Lipinski definition) is 4. The predicted octanol–water partition coefficient (Wildman–Crippen LogP) is 4.97. The molecule has 0 fully saturated rings. The molecule has 2 rings (SSSR count). The Kier molecular flexibility index (Phi) is 5.45. The molecule has 0 aliphatic rings. The highest BCUT2D eigenvalue weighted by Gasteiger charge is 2.16. The van der Waals surface area contributed by atoms with Crippen LogP contribution in [0, 0.1) is 13.8 Å². The van der Waals surface area contributed by atoms with Gasteiger partial charge in [0.1, 0.15) is 0 Å². The van der Waals surface area contributed by atoms with Crippen LogP contribution in [0.15, 0.2) is 46.6 Å². The van der Waals surface area contributed by atoms with Gasteiger partial charge in [-0.05, 0) is 75.4 Å². The van der Waals surface area contributed by atoms with E-state index in [2.05, 4.69) is 35.4 Å². The third-order valence-electron chi connectivity index (χ3n) is 4.46. The molecule has 4 N–H and O–H groups in total. The molecular weight excluding hydrogens is 308 g/mol. The van der Waals surface area contributed by atoms with Crippen molar-refractivity contribution in [1.29, 1.82) is 0 Å². The fourth-order valence-corrected chi connectivity index (χ4v) is 2.58. The Morgan fingerprint density at radius 3 is 1.92 bits per heavy atom. The Balaban J connectivity index is 2.19. The van der Waals surface area contributed by atoms with E-state index in [0.29, 0.717) is 6.54 Å². The third-order valence-corrected chi connectivity index (χ3v) is 4.46. The second-order valence-corrected chi connectivity index (χ2v) is 7.99. The maximum Gasteiger partial charge on any atom is 0.0885 e. The molecule has 0 radical (unpaired) electrons. The summed E-state index contributed by atoms with van der Waals surface area (Å²) in [6.45, 7) is 12.7. The zero-order valence-corrected chi connectivity index (χ0v) is 16.2. The van der Waals surface area contributed by atoms with E-state index in [-0.39, 0.29) is 11.1 Å². The minimum absolute atomic E-state index is 0.336. The van der Waals surface area contributed by atoms with Crippen LogP contribution in [0.3, 0.4) is 0 Å². The van der Waals surface area contributed by atoms with E-state index in [1.165, 1.54) is 5.56 Å². The van der Waals surface area contributed by atoms with Crippen LogP contribution in [0.2, 0.25) is 0 Å². The zero-order chi connectivity index (χ0) is 18.8. The number of benzene rings is 2. The lowest BCUT2D eigenvalue weighted by Crippen LogP contribution is -2.28. The zero-order valence-electron chi connectivity index (χ0n) is 16.2. The van der Waals surface area contributed by atoms with Crippen molar-refractivity contribution in [3.8, 4) is 0 Å². The summed E-state index contributed by atoms with van der Waals surface area (Å²) in [7, 11) is 0. The molecule has 0 unspecified atom stereocenters. The molecule has 4 nitrogen and oxygen atoms in total. The number of aryl methyl sites for hydroxylation is 2. The smallest absolute Gasteiger partial charge is 0.0885 e. The molecule has 25 heavy (non-hydrogen) atoms. The van der Waals surface area contributed by atoms with Crippen molar-refractivity contribution in [1.82, 2.24) is 0 Å². The van der Waals surface area contributed by atoms with Crippen molar-refractivity contribution >= 4 is 5.69 Å². The minimum Gasteiger partial charge on any atom is -0.322 e. The van der Waals surface area contributed by atoms with Gasteiger partial charge in [-0.3, -0.25) is 0 Å². The van der Waals surface area contributed by atoms with E-state index in [0.717, 1.165) is 27.9 Å². The van der Waals surface area contributed by atoms with Gasteiger partial charge in [0.05, 0.1) is 12.2 Å². The number of nitrogens with two attached hydrogens (primary N) is 2. The molecule has 0 aromatic heterocycles. The van der Waals surface area contributed by atoms with E-state index in [4.69, 9.17) is 11.5 Å². The molecule has 0 saturated heterocycles. The minimum atomic E-state index is -0.389. The summed E-state index contributed by atoms with van der Waals surface area (Å²) in [5.74, 6) is 0. The first kappa shape index (κ1) is 19.3. The Morgan fingerprint density at radius 1 is 0.800 bits per heavy atom. The van der Waals surface area contributed by atoms with E-state index in [1.807, 2.05) is 52.8 Å². The Morgan fingerprint density at radius 2 is 1.36 bits per heavy atom. The van der Waals surface area contributed by atoms with Gasteiger partial charge in [-0.1, -0.05) is 30.3 Å². The molecule has 134 valence electrons. The molecule has 0 spiro atoms. The monoisotopic (exact) mass is 338 g/mol. The van der Waals surface area contributed by atoms with E-state index in [1.54, 1.807) is 0 Å². The molecule has 2 aromatic carbocycles. The number of azo groups is 1. The molecule has 0 amide bonds. The SMILES string of the molecule is Cc1cc(C(C)(C)N)ccc1CN=Nc1cc(C(C)(C)N)ccc1C. The first-order chi connectivity index (χ1) is 11.5. The molecule has 0 atom stereocenters. The summed E-state index contributed by atoms with van der Waals surface area (Å²) in [6, 6.07) is 12.4. The fraction of sp³-hybridized carbons (Fsp3) is 0.429. The van der Waals surface area contributed by atoms with Crippen molar-refractivity contribution in [2.24, 2.45) is 21.7 Å². The second-order valence-electron chi connectivity index (χ2n) is 7.99. The molecule has 0 heterocycles. The normalized spacial score (nSPS) is 12.8. The van der Waals surface area contributed by atoms with Gasteiger partial charge in [0.25, 0.3) is 0 Å². The van der Waals surface area contributed by atoms with Crippen molar-refractivity contribution < 1.29 is 0 Å². The van der Waals surface area contributed by atoms with Crippen LogP contribution in [0.1, 0.15) is 55.5 Å². The van der Waals surface area contributed by atoms with Crippen molar-refractivity contribution in [2.75, 3.05) is 0 Å². The van der Waals surface area contributed by atoms with Gasteiger partial charge >= 0.3 is 0 Å². The third kappa shape index (κ3) is 4.97. The van der Waals surface area contributed by atoms with Crippen LogP contribution in [-0.4, -0.2) is 0 Å².